The average Bonchev–Trinajstić information content (AvgIpc) is 3.04. The zero-order valence-corrected chi connectivity index (χ0v) is 14.6. The minimum absolute atomic E-state index is 0.163. The molecular formula is C18H26N4O2. The molecule has 1 aromatic heterocycles. The maximum absolute atomic E-state index is 11.8. The van der Waals surface area contributed by atoms with Crippen molar-refractivity contribution < 1.29 is 9.53 Å². The molecule has 0 unspecified atom stereocenters. The van der Waals surface area contributed by atoms with E-state index in [1.165, 1.54) is 0 Å². The number of nitrogens with one attached hydrogen (secondary N) is 2. The third-order valence-electron chi connectivity index (χ3n) is 3.33. The van der Waals surface area contributed by atoms with Crippen LogP contribution < -0.4 is 10.6 Å². The van der Waals surface area contributed by atoms with Crippen LogP contribution in [-0.4, -0.2) is 27.7 Å². The lowest BCUT2D eigenvalue weighted by atomic mass is 10.1. The van der Waals surface area contributed by atoms with Crippen molar-refractivity contribution in [3.8, 4) is 0 Å². The molecule has 0 saturated carbocycles. The first-order valence-corrected chi connectivity index (χ1v) is 8.11. The highest BCUT2D eigenvalue weighted by Crippen LogP contribution is 2.13. The van der Waals surface area contributed by atoms with E-state index in [1.54, 1.807) is 12.5 Å². The van der Waals surface area contributed by atoms with Crippen molar-refractivity contribution in [1.29, 1.82) is 0 Å². The predicted octanol–water partition coefficient (Wildman–Crippen LogP) is 2.70. The smallest absolute Gasteiger partial charge is 0.315 e. The van der Waals surface area contributed by atoms with Crippen molar-refractivity contribution in [3.05, 3.63) is 54.1 Å². The van der Waals surface area contributed by atoms with E-state index >= 15 is 0 Å². The van der Waals surface area contributed by atoms with Crippen LogP contribution in [0.5, 0.6) is 0 Å². The molecule has 0 spiro atoms. The molecule has 2 aromatic rings. The second-order valence-electron chi connectivity index (χ2n) is 6.63. The Hall–Kier alpha value is -2.34. The lowest BCUT2D eigenvalue weighted by molar-refractivity contribution is -0.0149. The zero-order chi connectivity index (χ0) is 17.4. The molecule has 0 aliphatic heterocycles. The maximum atomic E-state index is 11.8. The largest absolute Gasteiger partial charge is 0.371 e. The average molecular weight is 330 g/mol. The molecule has 0 fully saturated rings. The van der Waals surface area contributed by atoms with Gasteiger partial charge in [-0.25, -0.2) is 9.78 Å². The normalized spacial score (nSPS) is 11.3. The number of urea groups is 1. The van der Waals surface area contributed by atoms with Crippen LogP contribution >= 0.6 is 0 Å². The number of imidazole rings is 1. The highest BCUT2D eigenvalue weighted by atomic mass is 16.5. The van der Waals surface area contributed by atoms with E-state index in [9.17, 15) is 4.79 Å². The molecule has 24 heavy (non-hydrogen) atoms. The molecule has 0 aliphatic carbocycles. The van der Waals surface area contributed by atoms with Crippen LogP contribution in [0, 0.1) is 0 Å². The summed E-state index contributed by atoms with van der Waals surface area (Å²) in [7, 11) is 0. The molecule has 6 nitrogen and oxygen atoms in total. The fourth-order valence-corrected chi connectivity index (χ4v) is 2.09. The third-order valence-corrected chi connectivity index (χ3v) is 3.33. The standard InChI is InChI=1S/C18H26N4O2/c1-18(2,3)24-13-16-6-4-5-15(11-16)12-21-17(23)20-8-10-22-9-7-19-14-22/h4-7,9,11,14H,8,10,12-13H2,1-3H3,(H2,20,21,23). The summed E-state index contributed by atoms with van der Waals surface area (Å²) in [6, 6.07) is 7.88. The van der Waals surface area contributed by atoms with Gasteiger partial charge in [-0.2, -0.15) is 0 Å². The molecule has 2 amide bonds. The Labute approximate surface area is 143 Å². The summed E-state index contributed by atoms with van der Waals surface area (Å²) in [6.07, 6.45) is 5.31. The van der Waals surface area contributed by atoms with Gasteiger partial charge in [-0.3, -0.25) is 0 Å². The maximum Gasteiger partial charge on any atom is 0.315 e. The molecule has 1 aromatic carbocycles. The molecule has 1 heterocycles. The van der Waals surface area contributed by atoms with Gasteiger partial charge in [0.15, 0.2) is 0 Å². The summed E-state index contributed by atoms with van der Waals surface area (Å²) >= 11 is 0. The minimum Gasteiger partial charge on any atom is -0.371 e. The summed E-state index contributed by atoms with van der Waals surface area (Å²) < 4.78 is 7.69. The number of nitrogens with zero attached hydrogens (tertiary/aromatic N) is 2. The van der Waals surface area contributed by atoms with Crippen LogP contribution in [0.3, 0.4) is 0 Å². The molecule has 0 bridgehead atoms. The summed E-state index contributed by atoms with van der Waals surface area (Å²) in [5.41, 5.74) is 1.99. The Bertz CT molecular complexity index is 633. The van der Waals surface area contributed by atoms with Gasteiger partial charge in [-0.15, -0.1) is 0 Å². The van der Waals surface area contributed by atoms with Gasteiger partial charge < -0.3 is 19.9 Å². The van der Waals surface area contributed by atoms with Gasteiger partial charge in [-0.05, 0) is 31.9 Å². The van der Waals surface area contributed by atoms with Crippen molar-refractivity contribution in [1.82, 2.24) is 20.2 Å². The molecular weight excluding hydrogens is 304 g/mol. The fraction of sp³-hybridized carbons (Fsp3) is 0.444. The van der Waals surface area contributed by atoms with Gasteiger partial charge in [-0.1, -0.05) is 24.3 Å². The number of hydrogen-bond acceptors (Lipinski definition) is 3. The van der Waals surface area contributed by atoms with E-state index in [-0.39, 0.29) is 11.6 Å². The SMILES string of the molecule is CC(C)(C)OCc1cccc(CNC(=O)NCCn2ccnc2)c1. The van der Waals surface area contributed by atoms with Crippen molar-refractivity contribution in [3.63, 3.8) is 0 Å². The molecule has 0 aliphatic rings. The minimum atomic E-state index is -0.175. The topological polar surface area (TPSA) is 68.2 Å². The highest BCUT2D eigenvalue weighted by Gasteiger charge is 2.10. The number of aromatic nitrogens is 2. The third kappa shape index (κ3) is 6.83. The molecule has 2 N–H and O–H groups in total. The summed E-state index contributed by atoms with van der Waals surface area (Å²) in [4.78, 5) is 15.8. The van der Waals surface area contributed by atoms with Gasteiger partial charge in [0.2, 0.25) is 0 Å². The van der Waals surface area contributed by atoms with E-state index in [4.69, 9.17) is 4.74 Å². The second-order valence-corrected chi connectivity index (χ2v) is 6.63. The molecule has 0 radical (unpaired) electrons. The number of ether oxygens (including phenoxy) is 1. The van der Waals surface area contributed by atoms with Crippen LogP contribution in [-0.2, 0) is 24.4 Å². The van der Waals surface area contributed by atoms with Crippen LogP contribution in [0.15, 0.2) is 43.0 Å². The van der Waals surface area contributed by atoms with E-state index < -0.39 is 0 Å². The Kier molecular flexibility index (Phi) is 6.37. The first kappa shape index (κ1) is 18.0. The van der Waals surface area contributed by atoms with Crippen molar-refractivity contribution in [2.45, 2.75) is 46.1 Å². The number of carbonyl (C=O) groups excluding carboxylic acids is 1. The first-order valence-electron chi connectivity index (χ1n) is 8.11. The van der Waals surface area contributed by atoms with E-state index in [0.717, 1.165) is 11.1 Å². The monoisotopic (exact) mass is 330 g/mol. The first-order chi connectivity index (χ1) is 11.4. The molecule has 130 valence electrons. The van der Waals surface area contributed by atoms with Crippen LogP contribution in [0.4, 0.5) is 4.79 Å². The summed E-state index contributed by atoms with van der Waals surface area (Å²) in [6.45, 7) is 8.41. The molecule has 0 atom stereocenters. The Morgan fingerprint density at radius 1 is 1.25 bits per heavy atom. The summed E-state index contributed by atoms with van der Waals surface area (Å²) in [5.74, 6) is 0. The molecule has 0 saturated heterocycles. The summed E-state index contributed by atoms with van der Waals surface area (Å²) in [5, 5.41) is 5.69. The highest BCUT2D eigenvalue weighted by molar-refractivity contribution is 5.73. The van der Waals surface area contributed by atoms with Gasteiger partial charge in [0.05, 0.1) is 18.5 Å². The van der Waals surface area contributed by atoms with Crippen LogP contribution in [0.1, 0.15) is 31.9 Å². The van der Waals surface area contributed by atoms with Gasteiger partial charge in [0, 0.05) is 32.0 Å². The zero-order valence-electron chi connectivity index (χ0n) is 14.6. The second kappa shape index (κ2) is 8.49. The number of hydrogen-bond donors (Lipinski definition) is 2. The molecule has 6 heteroatoms. The molecule has 2 rings (SSSR count). The Balaban J connectivity index is 1.71. The van der Waals surface area contributed by atoms with Crippen molar-refractivity contribution in [2.24, 2.45) is 0 Å². The quantitative estimate of drug-likeness (QED) is 0.820. The fourth-order valence-electron chi connectivity index (χ4n) is 2.09. The predicted molar refractivity (Wildman–Crippen MR) is 93.4 cm³/mol. The Morgan fingerprint density at radius 3 is 2.75 bits per heavy atom. The lowest BCUT2D eigenvalue weighted by Crippen LogP contribution is -2.36. The van der Waals surface area contributed by atoms with E-state index in [2.05, 4.69) is 21.7 Å². The van der Waals surface area contributed by atoms with E-state index in [1.807, 2.05) is 49.7 Å². The number of benzene rings is 1. The van der Waals surface area contributed by atoms with Gasteiger partial charge in [0.25, 0.3) is 0 Å². The number of rotatable bonds is 7. The van der Waals surface area contributed by atoms with Crippen LogP contribution in [0.2, 0.25) is 0 Å². The van der Waals surface area contributed by atoms with Crippen LogP contribution in [0.25, 0.3) is 0 Å². The van der Waals surface area contributed by atoms with Crippen molar-refractivity contribution in [2.75, 3.05) is 6.54 Å². The van der Waals surface area contributed by atoms with Gasteiger partial charge in [0.1, 0.15) is 0 Å². The lowest BCUT2D eigenvalue weighted by Gasteiger charge is -2.19. The number of amides is 2. The van der Waals surface area contributed by atoms with Crippen molar-refractivity contribution >= 4 is 6.03 Å². The van der Waals surface area contributed by atoms with Gasteiger partial charge >= 0.3 is 6.03 Å². The Morgan fingerprint density at radius 2 is 2.04 bits per heavy atom. The van der Waals surface area contributed by atoms with E-state index in [0.29, 0.717) is 26.2 Å². The number of carbonyl (C=O) groups is 1.